The van der Waals surface area contributed by atoms with Gasteiger partial charge in [0, 0.05) is 48.1 Å². The number of aliphatic imine (C=N–C) groups is 1. The maximum atomic E-state index is 14.8. The average molecular weight is 673 g/mol. The van der Waals surface area contributed by atoms with Crippen molar-refractivity contribution >= 4 is 50.7 Å². The van der Waals surface area contributed by atoms with Crippen molar-refractivity contribution in [3.63, 3.8) is 0 Å². The lowest BCUT2D eigenvalue weighted by molar-refractivity contribution is -0.138. The molecule has 1 saturated heterocycles. The molecule has 0 amide bonds. The number of esters is 1. The fraction of sp³-hybridized carbons (Fsp3) is 0.586. The summed E-state index contributed by atoms with van der Waals surface area (Å²) in [5, 5.41) is 13.7. The molecule has 1 aromatic heterocycles. The predicted octanol–water partition coefficient (Wildman–Crippen LogP) is 5.05. The fourth-order valence-electron chi connectivity index (χ4n) is 6.69. The Balaban J connectivity index is 1.43. The molecule has 4 aliphatic rings. The number of carboxylic acids is 1. The van der Waals surface area contributed by atoms with Crippen molar-refractivity contribution in [1.29, 1.82) is 0 Å². The first-order valence-electron chi connectivity index (χ1n) is 14.6. The summed E-state index contributed by atoms with van der Waals surface area (Å²) in [6, 6.07) is -1.05. The Labute approximate surface area is 264 Å². The molecule has 1 aromatic rings. The summed E-state index contributed by atoms with van der Waals surface area (Å²) in [7, 11) is -2.38. The van der Waals surface area contributed by atoms with E-state index < -0.39 is 50.3 Å². The molecule has 2 aliphatic carbocycles. The third kappa shape index (κ3) is 6.22. The number of aromatic nitrogens is 1. The second kappa shape index (κ2) is 13.0. The van der Waals surface area contributed by atoms with Crippen LogP contribution in [0.5, 0.6) is 0 Å². The van der Waals surface area contributed by atoms with Crippen molar-refractivity contribution < 1.29 is 36.6 Å². The minimum atomic E-state index is -3.61. The van der Waals surface area contributed by atoms with Crippen LogP contribution in [-0.4, -0.2) is 72.1 Å². The largest absolute Gasteiger partial charge is 0.481 e. The van der Waals surface area contributed by atoms with Crippen LogP contribution in [0.25, 0.3) is 0 Å². The first-order chi connectivity index (χ1) is 20.9. The molecule has 3 heterocycles. The quantitative estimate of drug-likeness (QED) is 0.366. The molecule has 44 heavy (non-hydrogen) atoms. The number of carbonyl (C=O) groups excluding carboxylic acids is 1. The van der Waals surface area contributed by atoms with Crippen molar-refractivity contribution in [2.75, 3.05) is 20.2 Å². The number of hydrogen-bond donors (Lipinski definition) is 2. The van der Waals surface area contributed by atoms with E-state index in [9.17, 15) is 26.8 Å². The number of halogens is 3. The van der Waals surface area contributed by atoms with Crippen molar-refractivity contribution in [3.05, 3.63) is 50.6 Å². The molecule has 0 bridgehead atoms. The molecule has 240 valence electrons. The molecule has 5 rings (SSSR count). The smallest absolute Gasteiger partial charge is 0.337 e. The molecule has 1 saturated carbocycles. The van der Waals surface area contributed by atoms with E-state index in [2.05, 4.69) is 10.3 Å². The lowest BCUT2D eigenvalue weighted by atomic mass is 9.71. The number of amidine groups is 1. The number of piperidine rings is 1. The van der Waals surface area contributed by atoms with Gasteiger partial charge in [-0.25, -0.2) is 31.3 Å². The van der Waals surface area contributed by atoms with Gasteiger partial charge >= 0.3 is 11.9 Å². The molecular weight excluding hydrogens is 638 g/mol. The summed E-state index contributed by atoms with van der Waals surface area (Å²) in [5.74, 6) is -3.81. The number of methoxy groups -OCH3 is 1. The van der Waals surface area contributed by atoms with Gasteiger partial charge in [-0.1, -0.05) is 18.5 Å². The van der Waals surface area contributed by atoms with E-state index >= 15 is 0 Å². The third-order valence-corrected chi connectivity index (χ3v) is 13.0. The summed E-state index contributed by atoms with van der Waals surface area (Å²) in [4.78, 5) is 33.6. The Morgan fingerprint density at radius 3 is 2.48 bits per heavy atom. The summed E-state index contributed by atoms with van der Waals surface area (Å²) in [6.07, 6.45) is 5.45. The third-order valence-electron chi connectivity index (χ3n) is 9.23. The molecule has 15 heteroatoms. The number of nitrogens with zero attached hydrogens (tertiary/aromatic N) is 3. The zero-order valence-electron chi connectivity index (χ0n) is 24.4. The number of allylic oxidation sites excluding steroid dienone is 4. The van der Waals surface area contributed by atoms with Crippen LogP contribution >= 0.6 is 22.9 Å². The monoisotopic (exact) mass is 672 g/mol. The van der Waals surface area contributed by atoms with Gasteiger partial charge in [-0.05, 0) is 56.9 Å². The number of ether oxygens (including phenoxy) is 1. The fourth-order valence-corrected chi connectivity index (χ4v) is 9.56. The number of rotatable bonds is 8. The van der Waals surface area contributed by atoms with Crippen LogP contribution in [0.1, 0.15) is 63.3 Å². The minimum absolute atomic E-state index is 0.0118. The van der Waals surface area contributed by atoms with Crippen molar-refractivity contribution in [1.82, 2.24) is 14.6 Å². The van der Waals surface area contributed by atoms with Crippen LogP contribution in [0.15, 0.2) is 50.6 Å². The Kier molecular flexibility index (Phi) is 9.64. The van der Waals surface area contributed by atoms with E-state index in [1.54, 1.807) is 18.5 Å². The van der Waals surface area contributed by atoms with Gasteiger partial charge in [0.05, 0.1) is 29.0 Å². The standard InChI is InChI=1S/C29H35ClF2N4O6S2/c1-29(10-7-19(31)22(32)24(29)30)25-21(28(39)42-2)23(34-26(35-25)27-33-11-14-43-27)17-8-12-36(13-9-17)44(40,41)18-5-3-16(4-6-18)15-20(37)38/h7,11,14,16-18,25H,3-6,8-10,12-13,15H2,1-2H3,(H,34,35)(H,37,38)/t16?,18?,25-,29+/m0/s1. The predicted molar refractivity (Wildman–Crippen MR) is 162 cm³/mol. The number of hydrogen-bond acceptors (Lipinski definition) is 9. The van der Waals surface area contributed by atoms with Gasteiger partial charge < -0.3 is 15.2 Å². The molecule has 0 aromatic carbocycles. The van der Waals surface area contributed by atoms with Gasteiger partial charge in [0.2, 0.25) is 10.0 Å². The minimum Gasteiger partial charge on any atom is -0.481 e. The second-order valence-electron chi connectivity index (χ2n) is 11.9. The number of aliphatic carboxylic acids is 1. The Hall–Kier alpha value is -2.68. The summed E-state index contributed by atoms with van der Waals surface area (Å²) >= 11 is 7.75. The van der Waals surface area contributed by atoms with E-state index in [0.29, 0.717) is 55.1 Å². The first-order valence-corrected chi connectivity index (χ1v) is 17.3. The zero-order valence-corrected chi connectivity index (χ0v) is 26.8. The summed E-state index contributed by atoms with van der Waals surface area (Å²) in [5.41, 5.74) is -0.700. The van der Waals surface area contributed by atoms with Crippen molar-refractivity contribution in [2.45, 2.75) is 69.6 Å². The topological polar surface area (TPSA) is 138 Å². The van der Waals surface area contributed by atoms with Crippen molar-refractivity contribution in [2.24, 2.45) is 22.2 Å². The van der Waals surface area contributed by atoms with Crippen LogP contribution in [0.4, 0.5) is 8.78 Å². The SMILES string of the molecule is COC(=O)C1=C(C2CCN(S(=O)(=O)C3CCC(CC(=O)O)CC3)CC2)NC(c2nccs2)=N[C@@H]1[C@]1(C)CC=C(F)C(F)=C1Cl. The van der Waals surface area contributed by atoms with Gasteiger partial charge in [0.25, 0.3) is 0 Å². The van der Waals surface area contributed by atoms with Crippen molar-refractivity contribution in [3.8, 4) is 0 Å². The summed E-state index contributed by atoms with van der Waals surface area (Å²) < 4.78 is 62.8. The molecule has 0 spiro atoms. The van der Waals surface area contributed by atoms with E-state index in [0.717, 1.165) is 6.08 Å². The van der Waals surface area contributed by atoms with E-state index in [1.165, 1.54) is 22.8 Å². The van der Waals surface area contributed by atoms with Crippen LogP contribution in [0, 0.1) is 17.3 Å². The Morgan fingerprint density at radius 1 is 1.20 bits per heavy atom. The lowest BCUT2D eigenvalue weighted by Gasteiger charge is -2.42. The van der Waals surface area contributed by atoms with Gasteiger partial charge in [0.1, 0.15) is 0 Å². The molecule has 0 radical (unpaired) electrons. The zero-order chi connectivity index (χ0) is 31.8. The van der Waals surface area contributed by atoms with Crippen LogP contribution in [0.2, 0.25) is 0 Å². The lowest BCUT2D eigenvalue weighted by Crippen LogP contribution is -2.49. The maximum absolute atomic E-state index is 14.8. The molecule has 10 nitrogen and oxygen atoms in total. The highest BCUT2D eigenvalue weighted by molar-refractivity contribution is 7.89. The van der Waals surface area contributed by atoms with E-state index in [1.807, 2.05) is 0 Å². The number of thiazole rings is 1. The highest BCUT2D eigenvalue weighted by atomic mass is 35.5. The van der Waals surface area contributed by atoms with Gasteiger partial charge in [-0.3, -0.25) is 9.79 Å². The van der Waals surface area contributed by atoms with Gasteiger partial charge in [-0.2, -0.15) is 0 Å². The van der Waals surface area contributed by atoms with Crippen LogP contribution in [-0.2, 0) is 24.3 Å². The number of nitrogens with one attached hydrogen (secondary N) is 1. The average Bonchev–Trinajstić information content (AvgIpc) is 3.56. The second-order valence-corrected chi connectivity index (χ2v) is 15.4. The normalized spacial score (nSPS) is 29.2. The number of carbonyl (C=O) groups is 2. The van der Waals surface area contributed by atoms with E-state index in [4.69, 9.17) is 26.4 Å². The van der Waals surface area contributed by atoms with Gasteiger partial charge in [0.15, 0.2) is 22.5 Å². The molecule has 0 unspecified atom stereocenters. The molecular formula is C29H35ClF2N4O6S2. The molecule has 2 fully saturated rings. The highest BCUT2D eigenvalue weighted by Crippen LogP contribution is 2.50. The maximum Gasteiger partial charge on any atom is 0.337 e. The molecule has 2 N–H and O–H groups in total. The molecule has 2 atom stereocenters. The number of carboxylic acid groups (broad SMARTS) is 1. The first kappa shape index (κ1) is 32.7. The van der Waals surface area contributed by atoms with Crippen LogP contribution in [0.3, 0.4) is 0 Å². The van der Waals surface area contributed by atoms with Gasteiger partial charge in [-0.15, -0.1) is 11.3 Å². The Bertz CT molecular complexity index is 1530. The summed E-state index contributed by atoms with van der Waals surface area (Å²) in [6.45, 7) is 2.06. The number of sulfonamides is 1. The van der Waals surface area contributed by atoms with Crippen LogP contribution < -0.4 is 5.32 Å². The Morgan fingerprint density at radius 2 is 1.89 bits per heavy atom. The highest BCUT2D eigenvalue weighted by Gasteiger charge is 2.49. The molecule has 2 aliphatic heterocycles. The van der Waals surface area contributed by atoms with E-state index in [-0.39, 0.29) is 48.4 Å².